The average Bonchev–Trinajstić information content (AvgIpc) is 2.67. The Morgan fingerprint density at radius 1 is 1.25 bits per heavy atom. The molecule has 1 atom stereocenters. The van der Waals surface area contributed by atoms with Crippen LogP contribution >= 0.6 is 0 Å². The highest BCUT2D eigenvalue weighted by Crippen LogP contribution is 2.32. The number of carbonyl (C=O) groups is 1. The first-order valence-electron chi connectivity index (χ1n) is 11.2. The van der Waals surface area contributed by atoms with Gasteiger partial charge >= 0.3 is 0 Å². The van der Waals surface area contributed by atoms with Crippen LogP contribution in [0, 0.1) is 13.8 Å². The molecule has 1 saturated heterocycles. The summed E-state index contributed by atoms with van der Waals surface area (Å²) in [6.07, 6.45) is 4.79. The van der Waals surface area contributed by atoms with Gasteiger partial charge in [-0.25, -0.2) is 4.98 Å². The zero-order valence-electron chi connectivity index (χ0n) is 18.9. The van der Waals surface area contributed by atoms with E-state index in [4.69, 9.17) is 0 Å². The van der Waals surface area contributed by atoms with E-state index in [-0.39, 0.29) is 23.7 Å². The number of likely N-dealkylation sites (tertiary alicyclic amines) is 1. The minimum atomic E-state index is -0.640. The number of nitrogens with one attached hydrogen (secondary N) is 2. The number of aromatic hydroxyl groups is 1. The van der Waals surface area contributed by atoms with Crippen molar-refractivity contribution in [2.24, 2.45) is 0 Å². The molecule has 2 aliphatic rings. The second-order valence-corrected chi connectivity index (χ2v) is 9.53. The highest BCUT2D eigenvalue weighted by atomic mass is 16.3. The molecule has 1 aliphatic carbocycles. The first-order chi connectivity index (χ1) is 15.2. The van der Waals surface area contributed by atoms with Crippen molar-refractivity contribution in [3.8, 4) is 17.0 Å². The number of benzene rings is 1. The maximum Gasteiger partial charge on any atom is 0.242 e. The molecule has 0 unspecified atom stereocenters. The fourth-order valence-corrected chi connectivity index (χ4v) is 4.81. The molecule has 0 spiro atoms. The van der Waals surface area contributed by atoms with Gasteiger partial charge in [-0.3, -0.25) is 9.69 Å². The highest BCUT2D eigenvalue weighted by molar-refractivity contribution is 5.78. The predicted molar refractivity (Wildman–Crippen MR) is 121 cm³/mol. The Morgan fingerprint density at radius 2 is 2.03 bits per heavy atom. The molecule has 2 fully saturated rings. The van der Waals surface area contributed by atoms with Gasteiger partial charge in [0.05, 0.1) is 18.3 Å². The number of anilines is 1. The van der Waals surface area contributed by atoms with E-state index in [0.717, 1.165) is 37.1 Å². The Balaban J connectivity index is 1.31. The lowest BCUT2D eigenvalue weighted by molar-refractivity contribution is -0.126. The van der Waals surface area contributed by atoms with Crippen LogP contribution in [0.15, 0.2) is 18.3 Å². The smallest absolute Gasteiger partial charge is 0.242 e. The zero-order valence-corrected chi connectivity index (χ0v) is 18.9. The second kappa shape index (κ2) is 8.99. The van der Waals surface area contributed by atoms with Crippen LogP contribution in [0.1, 0.15) is 43.7 Å². The van der Waals surface area contributed by atoms with Gasteiger partial charge in [-0.1, -0.05) is 6.07 Å². The third-order valence-corrected chi connectivity index (χ3v) is 6.22. The van der Waals surface area contributed by atoms with E-state index in [1.165, 1.54) is 0 Å². The van der Waals surface area contributed by atoms with E-state index in [2.05, 4.69) is 30.7 Å². The number of rotatable bonds is 6. The molecule has 1 aliphatic heterocycles. The van der Waals surface area contributed by atoms with E-state index in [1.54, 1.807) is 19.2 Å². The maximum absolute atomic E-state index is 12.3. The van der Waals surface area contributed by atoms with E-state index in [0.29, 0.717) is 36.6 Å². The van der Waals surface area contributed by atoms with Crippen molar-refractivity contribution in [1.82, 2.24) is 25.4 Å². The van der Waals surface area contributed by atoms with Gasteiger partial charge in [-0.15, -0.1) is 10.2 Å². The number of phenols is 1. The first-order valence-corrected chi connectivity index (χ1v) is 11.2. The molecule has 32 heavy (non-hydrogen) atoms. The van der Waals surface area contributed by atoms with Crippen LogP contribution < -0.4 is 10.6 Å². The number of piperidine rings is 1. The molecule has 9 heteroatoms. The minimum Gasteiger partial charge on any atom is -0.507 e. The quantitative estimate of drug-likeness (QED) is 0.536. The summed E-state index contributed by atoms with van der Waals surface area (Å²) in [6.45, 7) is 7.60. The summed E-state index contributed by atoms with van der Waals surface area (Å²) in [5, 5.41) is 34.9. The molecule has 2 aromatic rings. The molecule has 1 aromatic carbocycles. The first kappa shape index (κ1) is 22.4. The minimum absolute atomic E-state index is 0.00157. The van der Waals surface area contributed by atoms with Crippen molar-refractivity contribution in [3.63, 3.8) is 0 Å². The summed E-state index contributed by atoms with van der Waals surface area (Å²) in [5.74, 6) is 0.610. The standard InChI is InChI=1S/C23H32N6O3/c1-14-7-15(2)21(19(30)8-14)18-11-24-22(28-27-18)26-16-5-4-6-29(12-16)13-20(31)25-17-9-23(3,32)10-17/h7-8,11,16-17,30,32H,4-6,9-10,12-13H2,1-3H3,(H,25,31)(H,24,26,28)/t16-,17?,23?/m1/s1. The number of aromatic nitrogens is 3. The Morgan fingerprint density at radius 3 is 2.69 bits per heavy atom. The molecule has 1 saturated carbocycles. The fourth-order valence-electron chi connectivity index (χ4n) is 4.81. The molecule has 0 bridgehead atoms. The Hall–Kier alpha value is -2.78. The van der Waals surface area contributed by atoms with Gasteiger partial charge in [0.25, 0.3) is 0 Å². The molecule has 1 amide bonds. The summed E-state index contributed by atoms with van der Waals surface area (Å²) in [7, 11) is 0. The SMILES string of the molecule is Cc1cc(C)c(-c2cnc(N[C@@H]3CCCN(CC(=O)NC4CC(C)(O)C4)C3)nn2)c(O)c1. The lowest BCUT2D eigenvalue weighted by Crippen LogP contribution is -2.55. The van der Waals surface area contributed by atoms with Crippen molar-refractivity contribution in [2.45, 2.75) is 64.1 Å². The summed E-state index contributed by atoms with van der Waals surface area (Å²) in [5.41, 5.74) is 2.44. The molecule has 1 aromatic heterocycles. The highest BCUT2D eigenvalue weighted by Gasteiger charge is 2.39. The predicted octanol–water partition coefficient (Wildman–Crippen LogP) is 1.77. The number of aliphatic hydroxyl groups is 1. The number of phenolic OH excluding ortho intramolecular Hbond substituents is 1. The number of carbonyl (C=O) groups excluding carboxylic acids is 1. The van der Waals surface area contributed by atoms with Gasteiger partial charge in [0.2, 0.25) is 11.9 Å². The van der Waals surface area contributed by atoms with Crippen molar-refractivity contribution in [1.29, 1.82) is 0 Å². The topological polar surface area (TPSA) is 124 Å². The molecule has 4 rings (SSSR count). The monoisotopic (exact) mass is 440 g/mol. The van der Waals surface area contributed by atoms with Gasteiger partial charge in [0.1, 0.15) is 11.4 Å². The van der Waals surface area contributed by atoms with Crippen LogP contribution in [0.25, 0.3) is 11.3 Å². The van der Waals surface area contributed by atoms with Crippen molar-refractivity contribution < 1.29 is 15.0 Å². The Kier molecular flexibility index (Phi) is 6.30. The molecular weight excluding hydrogens is 408 g/mol. The van der Waals surface area contributed by atoms with Crippen LogP contribution in [0.3, 0.4) is 0 Å². The van der Waals surface area contributed by atoms with Crippen LogP contribution in [0.2, 0.25) is 0 Å². The molecule has 2 heterocycles. The maximum atomic E-state index is 12.3. The van der Waals surface area contributed by atoms with Crippen LogP contribution in [0.5, 0.6) is 5.75 Å². The fraction of sp³-hybridized carbons (Fsp3) is 0.565. The van der Waals surface area contributed by atoms with Crippen LogP contribution in [-0.2, 0) is 4.79 Å². The number of hydrogen-bond acceptors (Lipinski definition) is 8. The molecule has 172 valence electrons. The summed E-state index contributed by atoms with van der Waals surface area (Å²) in [6, 6.07) is 3.90. The second-order valence-electron chi connectivity index (χ2n) is 9.53. The normalized spacial score (nSPS) is 25.8. The molecule has 4 N–H and O–H groups in total. The van der Waals surface area contributed by atoms with Gasteiger partial charge in [0.15, 0.2) is 0 Å². The van der Waals surface area contributed by atoms with Crippen molar-refractivity contribution in [2.75, 3.05) is 25.0 Å². The van der Waals surface area contributed by atoms with Gasteiger partial charge in [-0.2, -0.15) is 0 Å². The van der Waals surface area contributed by atoms with E-state index in [9.17, 15) is 15.0 Å². The summed E-state index contributed by atoms with van der Waals surface area (Å²) < 4.78 is 0. The van der Waals surface area contributed by atoms with Gasteiger partial charge in [-0.05, 0) is 70.2 Å². The lowest BCUT2D eigenvalue weighted by Gasteiger charge is -2.41. The average molecular weight is 441 g/mol. The summed E-state index contributed by atoms with van der Waals surface area (Å²) in [4.78, 5) is 18.9. The van der Waals surface area contributed by atoms with Gasteiger partial charge in [0, 0.05) is 24.2 Å². The zero-order chi connectivity index (χ0) is 22.9. The Labute approximate surface area is 188 Å². The molecular formula is C23H32N6O3. The lowest BCUT2D eigenvalue weighted by atomic mass is 9.77. The van der Waals surface area contributed by atoms with E-state index in [1.807, 2.05) is 19.9 Å². The van der Waals surface area contributed by atoms with E-state index >= 15 is 0 Å². The number of aryl methyl sites for hydroxylation is 2. The number of hydrogen-bond donors (Lipinski definition) is 4. The summed E-state index contributed by atoms with van der Waals surface area (Å²) >= 11 is 0. The molecule has 9 nitrogen and oxygen atoms in total. The molecule has 0 radical (unpaired) electrons. The van der Waals surface area contributed by atoms with Crippen molar-refractivity contribution in [3.05, 3.63) is 29.5 Å². The number of nitrogens with zero attached hydrogens (tertiary/aromatic N) is 4. The van der Waals surface area contributed by atoms with E-state index < -0.39 is 5.60 Å². The van der Waals surface area contributed by atoms with Gasteiger partial charge < -0.3 is 20.8 Å². The van der Waals surface area contributed by atoms with Crippen LogP contribution in [-0.4, -0.2) is 73.5 Å². The largest absolute Gasteiger partial charge is 0.507 e. The van der Waals surface area contributed by atoms with Crippen molar-refractivity contribution >= 4 is 11.9 Å². The number of amides is 1. The Bertz CT molecular complexity index is 947. The third-order valence-electron chi connectivity index (χ3n) is 6.22. The van der Waals surface area contributed by atoms with Crippen LogP contribution in [0.4, 0.5) is 5.95 Å². The third kappa shape index (κ3) is 5.34.